The van der Waals surface area contributed by atoms with E-state index in [-0.39, 0.29) is 11.6 Å². The van der Waals surface area contributed by atoms with Crippen molar-refractivity contribution in [2.45, 2.75) is 6.43 Å². The Labute approximate surface area is 77.4 Å². The lowest BCUT2D eigenvalue weighted by Gasteiger charge is -2.02. The Morgan fingerprint density at radius 2 is 2.21 bits per heavy atom. The summed E-state index contributed by atoms with van der Waals surface area (Å²) in [5.74, 6) is -1.37. The largest absolute Gasteiger partial charge is 0.476 e. The Kier molecular flexibility index (Phi) is 3.27. The van der Waals surface area contributed by atoms with Gasteiger partial charge in [-0.05, 0) is 0 Å². The zero-order valence-electron chi connectivity index (χ0n) is 6.85. The predicted molar refractivity (Wildman–Crippen MR) is 40.5 cm³/mol. The summed E-state index contributed by atoms with van der Waals surface area (Å²) in [6.45, 7) is -0.791. The van der Waals surface area contributed by atoms with Gasteiger partial charge in [-0.3, -0.25) is 0 Å². The molecule has 0 spiro atoms. The summed E-state index contributed by atoms with van der Waals surface area (Å²) in [7, 11) is 0. The molecule has 7 heteroatoms. The third-order valence-corrected chi connectivity index (χ3v) is 1.20. The quantitative estimate of drug-likeness (QED) is 0.785. The van der Waals surface area contributed by atoms with Crippen molar-refractivity contribution < 1.29 is 23.4 Å². The molecule has 0 aromatic carbocycles. The van der Waals surface area contributed by atoms with Gasteiger partial charge in [-0.1, -0.05) is 0 Å². The van der Waals surface area contributed by atoms with Gasteiger partial charge >= 0.3 is 5.97 Å². The number of nitrogens with zero attached hydrogens (tertiary/aromatic N) is 2. The van der Waals surface area contributed by atoms with Gasteiger partial charge in [0.2, 0.25) is 5.88 Å². The van der Waals surface area contributed by atoms with Crippen LogP contribution in [0.3, 0.4) is 0 Å². The molecule has 1 aromatic rings. The predicted octanol–water partition coefficient (Wildman–Crippen LogP) is 0.819. The van der Waals surface area contributed by atoms with Gasteiger partial charge in [-0.2, -0.15) is 0 Å². The highest BCUT2D eigenvalue weighted by Crippen LogP contribution is 2.05. The smallest absolute Gasteiger partial charge is 0.356 e. The van der Waals surface area contributed by atoms with Crippen molar-refractivity contribution in [2.75, 3.05) is 6.61 Å². The molecule has 5 nitrogen and oxygen atoms in total. The van der Waals surface area contributed by atoms with Crippen LogP contribution in [0.15, 0.2) is 12.4 Å². The number of carbonyl (C=O) groups is 1. The lowest BCUT2D eigenvalue weighted by molar-refractivity contribution is 0.0686. The molecule has 14 heavy (non-hydrogen) atoms. The number of rotatable bonds is 4. The SMILES string of the molecule is O=C(O)c1cnc(OCC(F)F)cn1. The number of carboxylic acid groups (broad SMARTS) is 1. The zero-order valence-corrected chi connectivity index (χ0v) is 6.85. The molecule has 0 aliphatic carbocycles. The number of ether oxygens (including phenoxy) is 1. The summed E-state index contributed by atoms with van der Waals surface area (Å²) in [6, 6.07) is 0. The lowest BCUT2D eigenvalue weighted by atomic mass is 10.5. The molecule has 0 amide bonds. The van der Waals surface area contributed by atoms with Crippen molar-refractivity contribution in [3.63, 3.8) is 0 Å². The van der Waals surface area contributed by atoms with E-state index in [2.05, 4.69) is 14.7 Å². The van der Waals surface area contributed by atoms with Crippen LogP contribution in [-0.4, -0.2) is 34.1 Å². The van der Waals surface area contributed by atoms with Crippen molar-refractivity contribution in [3.05, 3.63) is 18.1 Å². The highest BCUT2D eigenvalue weighted by Gasteiger charge is 2.07. The maximum atomic E-state index is 11.7. The van der Waals surface area contributed by atoms with Gasteiger partial charge in [0.05, 0.1) is 12.4 Å². The second-order valence-electron chi connectivity index (χ2n) is 2.25. The minimum absolute atomic E-state index is 0.129. The van der Waals surface area contributed by atoms with Crippen LogP contribution in [0.5, 0.6) is 5.88 Å². The fraction of sp³-hybridized carbons (Fsp3) is 0.286. The van der Waals surface area contributed by atoms with Gasteiger partial charge in [-0.15, -0.1) is 0 Å². The molecule has 0 atom stereocenters. The monoisotopic (exact) mass is 204 g/mol. The fourth-order valence-corrected chi connectivity index (χ4v) is 0.650. The Bertz CT molecular complexity index is 315. The number of aromatic carboxylic acids is 1. The van der Waals surface area contributed by atoms with Gasteiger partial charge in [0, 0.05) is 0 Å². The van der Waals surface area contributed by atoms with Crippen LogP contribution < -0.4 is 4.74 Å². The second-order valence-corrected chi connectivity index (χ2v) is 2.25. The van der Waals surface area contributed by atoms with E-state index in [0.29, 0.717) is 0 Å². The summed E-state index contributed by atoms with van der Waals surface area (Å²) in [5.41, 5.74) is -0.269. The maximum Gasteiger partial charge on any atom is 0.356 e. The molecule has 0 fully saturated rings. The van der Waals surface area contributed by atoms with Crippen molar-refractivity contribution in [1.82, 2.24) is 9.97 Å². The van der Waals surface area contributed by atoms with E-state index >= 15 is 0 Å². The number of alkyl halides is 2. The van der Waals surface area contributed by atoms with Crippen LogP contribution >= 0.6 is 0 Å². The molecule has 1 heterocycles. The number of aromatic nitrogens is 2. The average molecular weight is 204 g/mol. The van der Waals surface area contributed by atoms with E-state index < -0.39 is 19.0 Å². The Balaban J connectivity index is 2.60. The number of hydrogen-bond acceptors (Lipinski definition) is 4. The molecule has 0 aliphatic rings. The molecular weight excluding hydrogens is 198 g/mol. The van der Waals surface area contributed by atoms with Crippen LogP contribution in [0.2, 0.25) is 0 Å². The van der Waals surface area contributed by atoms with Crippen LogP contribution in [0.1, 0.15) is 10.5 Å². The standard InChI is InChI=1S/C7H6F2N2O3/c8-5(9)3-14-6-2-10-4(1-11-6)7(12)13/h1-2,5H,3H2,(H,12,13). The minimum Gasteiger partial charge on any atom is -0.476 e. The summed E-state index contributed by atoms with van der Waals surface area (Å²) >= 11 is 0. The minimum atomic E-state index is -2.60. The molecule has 1 rings (SSSR count). The van der Waals surface area contributed by atoms with E-state index in [1.165, 1.54) is 0 Å². The summed E-state index contributed by atoms with van der Waals surface area (Å²) < 4.78 is 27.8. The summed E-state index contributed by atoms with van der Waals surface area (Å²) in [6.07, 6.45) is -0.689. The molecule has 0 radical (unpaired) electrons. The zero-order chi connectivity index (χ0) is 10.6. The van der Waals surface area contributed by atoms with Crippen molar-refractivity contribution in [1.29, 1.82) is 0 Å². The van der Waals surface area contributed by atoms with Crippen LogP contribution in [0.4, 0.5) is 8.78 Å². The normalized spacial score (nSPS) is 10.2. The molecule has 0 unspecified atom stereocenters. The van der Waals surface area contributed by atoms with Crippen LogP contribution in [-0.2, 0) is 0 Å². The first-order valence-electron chi connectivity index (χ1n) is 3.56. The molecule has 0 aliphatic heterocycles. The molecular formula is C7H6F2N2O3. The lowest BCUT2D eigenvalue weighted by Crippen LogP contribution is -2.09. The Morgan fingerprint density at radius 3 is 2.64 bits per heavy atom. The first kappa shape index (κ1) is 10.3. The van der Waals surface area contributed by atoms with Crippen molar-refractivity contribution in [2.24, 2.45) is 0 Å². The second kappa shape index (κ2) is 4.45. The first-order chi connectivity index (χ1) is 6.59. The van der Waals surface area contributed by atoms with E-state index in [4.69, 9.17) is 5.11 Å². The maximum absolute atomic E-state index is 11.7. The fourth-order valence-electron chi connectivity index (χ4n) is 0.650. The summed E-state index contributed by atoms with van der Waals surface area (Å²) in [4.78, 5) is 17.2. The van der Waals surface area contributed by atoms with Crippen molar-refractivity contribution >= 4 is 5.97 Å². The molecule has 1 N–H and O–H groups in total. The Morgan fingerprint density at radius 1 is 1.50 bits per heavy atom. The number of halogens is 2. The van der Waals surface area contributed by atoms with Gasteiger partial charge < -0.3 is 9.84 Å². The van der Waals surface area contributed by atoms with E-state index in [1.807, 2.05) is 0 Å². The molecule has 0 bridgehead atoms. The molecule has 0 saturated carbocycles. The van der Waals surface area contributed by atoms with E-state index in [0.717, 1.165) is 12.4 Å². The molecule has 0 saturated heterocycles. The topological polar surface area (TPSA) is 72.3 Å². The van der Waals surface area contributed by atoms with Gasteiger partial charge in [0.15, 0.2) is 12.3 Å². The van der Waals surface area contributed by atoms with Crippen LogP contribution in [0.25, 0.3) is 0 Å². The molecule has 1 aromatic heterocycles. The highest BCUT2D eigenvalue weighted by molar-refractivity contribution is 5.84. The average Bonchev–Trinajstić information content (AvgIpc) is 2.15. The summed E-state index contributed by atoms with van der Waals surface area (Å²) in [5, 5.41) is 8.43. The van der Waals surface area contributed by atoms with Gasteiger partial charge in [-0.25, -0.2) is 23.5 Å². The van der Waals surface area contributed by atoms with E-state index in [1.54, 1.807) is 0 Å². The van der Waals surface area contributed by atoms with E-state index in [9.17, 15) is 13.6 Å². The van der Waals surface area contributed by atoms with Crippen LogP contribution in [0, 0.1) is 0 Å². The first-order valence-corrected chi connectivity index (χ1v) is 3.56. The van der Waals surface area contributed by atoms with Gasteiger partial charge in [0.1, 0.15) is 0 Å². The Hall–Kier alpha value is -1.79. The number of hydrogen-bond donors (Lipinski definition) is 1. The van der Waals surface area contributed by atoms with Gasteiger partial charge in [0.25, 0.3) is 6.43 Å². The highest BCUT2D eigenvalue weighted by atomic mass is 19.3. The number of carboxylic acids is 1. The molecule has 76 valence electrons. The third kappa shape index (κ3) is 2.92. The third-order valence-electron chi connectivity index (χ3n) is 1.20. The van der Waals surface area contributed by atoms with Crippen molar-refractivity contribution in [3.8, 4) is 5.88 Å².